The molecule has 9 nitrogen and oxygen atoms in total. The van der Waals surface area contributed by atoms with Crippen molar-refractivity contribution in [1.29, 1.82) is 0 Å². The number of anilines is 1. The van der Waals surface area contributed by atoms with Crippen LogP contribution in [0.5, 0.6) is 0 Å². The maximum Gasteiger partial charge on any atom is 0.293 e. The highest BCUT2D eigenvalue weighted by Gasteiger charge is 2.21. The molecular weight excluding hydrogens is 298 g/mol. The van der Waals surface area contributed by atoms with Gasteiger partial charge in [0.25, 0.3) is 5.69 Å². The van der Waals surface area contributed by atoms with E-state index in [-0.39, 0.29) is 22.3 Å². The fourth-order valence-electron chi connectivity index (χ4n) is 1.88. The number of nitro benzene ring substituents is 1. The maximum absolute atomic E-state index is 12.2. The van der Waals surface area contributed by atoms with Crippen LogP contribution >= 0.6 is 0 Å². The number of nitrogen functional groups attached to an aromatic ring is 1. The quantitative estimate of drug-likeness (QED) is 0.369. The van der Waals surface area contributed by atoms with Crippen molar-refractivity contribution < 1.29 is 13.3 Å². The highest BCUT2D eigenvalue weighted by molar-refractivity contribution is 7.89. The van der Waals surface area contributed by atoms with Gasteiger partial charge < -0.3 is 10.3 Å². The van der Waals surface area contributed by atoms with Gasteiger partial charge in [-0.2, -0.15) is 0 Å². The molecule has 21 heavy (non-hydrogen) atoms. The van der Waals surface area contributed by atoms with Gasteiger partial charge in [0.15, 0.2) is 0 Å². The zero-order valence-corrected chi connectivity index (χ0v) is 12.8. The Bertz CT molecular complexity index is 617. The third-order valence-corrected chi connectivity index (χ3v) is 4.21. The van der Waals surface area contributed by atoms with Crippen LogP contribution in [-0.4, -0.2) is 44.9 Å². The van der Waals surface area contributed by atoms with Gasteiger partial charge >= 0.3 is 0 Å². The molecule has 0 aliphatic heterocycles. The molecule has 0 saturated heterocycles. The van der Waals surface area contributed by atoms with Gasteiger partial charge in [-0.25, -0.2) is 13.1 Å². The van der Waals surface area contributed by atoms with Crippen molar-refractivity contribution in [2.75, 3.05) is 26.1 Å². The first-order valence-corrected chi connectivity index (χ1v) is 7.58. The monoisotopic (exact) mass is 317 g/mol. The zero-order chi connectivity index (χ0) is 16.2. The van der Waals surface area contributed by atoms with Crippen molar-refractivity contribution in [3.8, 4) is 0 Å². The van der Waals surface area contributed by atoms with Gasteiger partial charge in [-0.15, -0.1) is 0 Å². The molecule has 0 aliphatic carbocycles. The predicted molar refractivity (Wildman–Crippen MR) is 79.2 cm³/mol. The first kappa shape index (κ1) is 17.3. The minimum atomic E-state index is -3.78. The summed E-state index contributed by atoms with van der Waals surface area (Å²) >= 11 is 0. The lowest BCUT2D eigenvalue weighted by molar-refractivity contribution is -0.384. The largest absolute Gasteiger partial charge is 0.318 e. The van der Waals surface area contributed by atoms with Gasteiger partial charge in [-0.05, 0) is 33.2 Å². The second kappa shape index (κ2) is 6.80. The molecule has 0 heterocycles. The number of rotatable bonds is 7. The molecule has 0 spiro atoms. The summed E-state index contributed by atoms with van der Waals surface area (Å²) in [6.07, 6.45) is 0. The minimum absolute atomic E-state index is 0.0665. The van der Waals surface area contributed by atoms with E-state index in [4.69, 9.17) is 5.84 Å². The Morgan fingerprint density at radius 2 is 2.05 bits per heavy atom. The molecule has 118 valence electrons. The third kappa shape index (κ3) is 4.63. The summed E-state index contributed by atoms with van der Waals surface area (Å²) in [6, 6.07) is 3.09. The lowest BCUT2D eigenvalue weighted by atomic mass is 10.3. The number of likely N-dealkylation sites (N-methyl/N-ethyl adjacent to an activating group) is 1. The summed E-state index contributed by atoms with van der Waals surface area (Å²) in [7, 11) is -0.122. The maximum atomic E-state index is 12.2. The van der Waals surface area contributed by atoms with Crippen molar-refractivity contribution in [3.05, 3.63) is 28.3 Å². The second-order valence-electron chi connectivity index (χ2n) is 4.86. The van der Waals surface area contributed by atoms with Gasteiger partial charge in [-0.1, -0.05) is 0 Å². The fourth-order valence-corrected chi connectivity index (χ4v) is 3.14. The molecule has 4 N–H and O–H groups in total. The van der Waals surface area contributed by atoms with Gasteiger partial charge in [0.1, 0.15) is 5.69 Å². The van der Waals surface area contributed by atoms with Crippen LogP contribution in [0.1, 0.15) is 6.92 Å². The number of nitrogens with zero attached hydrogens (tertiary/aromatic N) is 2. The first-order chi connectivity index (χ1) is 9.67. The smallest absolute Gasteiger partial charge is 0.293 e. The van der Waals surface area contributed by atoms with Crippen LogP contribution in [0.25, 0.3) is 0 Å². The van der Waals surface area contributed by atoms with Gasteiger partial charge in [-0.3, -0.25) is 16.0 Å². The molecule has 0 bridgehead atoms. The molecule has 0 aromatic heterocycles. The molecule has 1 aromatic carbocycles. The van der Waals surface area contributed by atoms with Crippen LogP contribution in [0.15, 0.2) is 23.1 Å². The van der Waals surface area contributed by atoms with Crippen molar-refractivity contribution in [1.82, 2.24) is 9.62 Å². The highest BCUT2D eigenvalue weighted by atomic mass is 32.2. The summed E-state index contributed by atoms with van der Waals surface area (Å²) in [6.45, 7) is 2.25. The summed E-state index contributed by atoms with van der Waals surface area (Å²) in [5.41, 5.74) is 1.77. The summed E-state index contributed by atoms with van der Waals surface area (Å²) in [5.74, 6) is 5.19. The number of hydrogen-bond acceptors (Lipinski definition) is 7. The van der Waals surface area contributed by atoms with Crippen LogP contribution in [0.3, 0.4) is 0 Å². The molecule has 1 atom stereocenters. The van der Waals surface area contributed by atoms with E-state index in [2.05, 4.69) is 10.1 Å². The summed E-state index contributed by atoms with van der Waals surface area (Å²) in [5, 5.41) is 10.8. The average Bonchev–Trinajstić information content (AvgIpc) is 2.35. The van der Waals surface area contributed by atoms with Crippen molar-refractivity contribution in [2.24, 2.45) is 5.84 Å². The van der Waals surface area contributed by atoms with E-state index in [1.165, 1.54) is 6.07 Å². The van der Waals surface area contributed by atoms with Crippen molar-refractivity contribution in [3.63, 3.8) is 0 Å². The van der Waals surface area contributed by atoms with E-state index in [0.717, 1.165) is 12.1 Å². The minimum Gasteiger partial charge on any atom is -0.318 e. The van der Waals surface area contributed by atoms with E-state index in [1.807, 2.05) is 19.0 Å². The number of nitrogens with one attached hydrogen (secondary N) is 2. The van der Waals surface area contributed by atoms with Gasteiger partial charge in [0.05, 0.1) is 9.82 Å². The molecule has 0 aliphatic rings. The lowest BCUT2D eigenvalue weighted by Gasteiger charge is -2.18. The Kier molecular flexibility index (Phi) is 5.61. The van der Waals surface area contributed by atoms with Crippen LogP contribution < -0.4 is 16.0 Å². The fraction of sp³-hybridized carbons (Fsp3) is 0.455. The molecule has 0 saturated carbocycles. The average molecular weight is 317 g/mol. The van der Waals surface area contributed by atoms with Crippen LogP contribution in [0.4, 0.5) is 11.4 Å². The molecule has 0 radical (unpaired) electrons. The molecule has 0 amide bonds. The predicted octanol–water partition coefficient (Wildman–Crippen LogP) is 0.109. The van der Waals surface area contributed by atoms with Crippen LogP contribution in [0.2, 0.25) is 0 Å². The summed E-state index contributed by atoms with van der Waals surface area (Å²) < 4.78 is 26.9. The first-order valence-electron chi connectivity index (χ1n) is 6.09. The molecule has 1 rings (SSSR count). The molecule has 1 unspecified atom stereocenters. The second-order valence-corrected chi connectivity index (χ2v) is 6.58. The van der Waals surface area contributed by atoms with Crippen molar-refractivity contribution in [2.45, 2.75) is 17.9 Å². The van der Waals surface area contributed by atoms with E-state index in [0.29, 0.717) is 6.54 Å². The standard InChI is InChI=1S/C11H19N5O4S/c1-8(7-15(2)3)14-21(19,20)9-4-5-11(16(17)18)10(6-9)13-12/h4-6,8,13-14H,7,12H2,1-3H3. The number of nitro groups is 1. The van der Waals surface area contributed by atoms with Gasteiger partial charge in [0, 0.05) is 18.7 Å². The molecule has 10 heteroatoms. The number of benzene rings is 1. The number of hydrazine groups is 1. The Morgan fingerprint density at radius 3 is 2.52 bits per heavy atom. The van der Waals surface area contributed by atoms with E-state index >= 15 is 0 Å². The normalized spacial score (nSPS) is 13.2. The Hall–Kier alpha value is -1.75. The molecule has 1 aromatic rings. The summed E-state index contributed by atoms with van der Waals surface area (Å²) in [4.78, 5) is 11.9. The zero-order valence-electron chi connectivity index (χ0n) is 12.0. The van der Waals surface area contributed by atoms with E-state index in [1.54, 1.807) is 6.92 Å². The molecule has 0 fully saturated rings. The lowest BCUT2D eigenvalue weighted by Crippen LogP contribution is -2.39. The third-order valence-electron chi connectivity index (χ3n) is 2.63. The Morgan fingerprint density at radius 1 is 1.43 bits per heavy atom. The molecular formula is C11H19N5O4S. The Balaban J connectivity index is 3.06. The topological polar surface area (TPSA) is 131 Å². The number of sulfonamides is 1. The SMILES string of the molecule is CC(CN(C)C)NS(=O)(=O)c1ccc([N+](=O)[O-])c(NN)c1. The number of nitrogens with two attached hydrogens (primary N) is 1. The highest BCUT2D eigenvalue weighted by Crippen LogP contribution is 2.26. The van der Waals surface area contributed by atoms with Crippen LogP contribution in [0, 0.1) is 10.1 Å². The van der Waals surface area contributed by atoms with E-state index in [9.17, 15) is 18.5 Å². The van der Waals surface area contributed by atoms with Crippen molar-refractivity contribution >= 4 is 21.4 Å². The Labute approximate surface area is 123 Å². The van der Waals surface area contributed by atoms with Crippen LogP contribution in [-0.2, 0) is 10.0 Å². The van der Waals surface area contributed by atoms with Gasteiger partial charge in [0.2, 0.25) is 10.0 Å². The number of hydrogen-bond donors (Lipinski definition) is 3. The van der Waals surface area contributed by atoms with E-state index < -0.39 is 14.9 Å².